The first-order valence-electron chi connectivity index (χ1n) is 6.07. The van der Waals surface area contributed by atoms with Crippen molar-refractivity contribution < 1.29 is 14.4 Å². The summed E-state index contributed by atoms with van der Waals surface area (Å²) in [6.07, 6.45) is 0.733. The van der Waals surface area contributed by atoms with E-state index < -0.39 is 12.1 Å². The van der Waals surface area contributed by atoms with Crippen molar-refractivity contribution in [2.75, 3.05) is 19.6 Å². The van der Waals surface area contributed by atoms with Crippen LogP contribution >= 0.6 is 0 Å². The summed E-state index contributed by atoms with van der Waals surface area (Å²) in [5.41, 5.74) is 5.08. The molecule has 4 N–H and O–H groups in total. The third kappa shape index (κ3) is 3.61. The van der Waals surface area contributed by atoms with Crippen molar-refractivity contribution in [2.45, 2.75) is 26.3 Å². The van der Waals surface area contributed by atoms with Crippen molar-refractivity contribution in [1.29, 1.82) is 0 Å². The van der Waals surface area contributed by atoms with Crippen LogP contribution in [0.1, 0.15) is 20.3 Å². The number of rotatable bonds is 4. The van der Waals surface area contributed by atoms with Crippen molar-refractivity contribution in [3.05, 3.63) is 0 Å². The normalized spacial score (nSPS) is 18.8. The molecule has 0 saturated carbocycles. The Labute approximate surface area is 106 Å². The monoisotopic (exact) mass is 256 g/mol. The van der Waals surface area contributed by atoms with E-state index in [-0.39, 0.29) is 24.3 Å². The van der Waals surface area contributed by atoms with Crippen LogP contribution in [0.3, 0.4) is 0 Å². The highest BCUT2D eigenvalue weighted by atomic mass is 16.2. The lowest BCUT2D eigenvalue weighted by Gasteiger charge is -2.32. The lowest BCUT2D eigenvalue weighted by atomic mass is 9.97. The van der Waals surface area contributed by atoms with Gasteiger partial charge in [-0.3, -0.25) is 9.59 Å². The average molecular weight is 256 g/mol. The van der Waals surface area contributed by atoms with Crippen LogP contribution in [0.2, 0.25) is 0 Å². The van der Waals surface area contributed by atoms with Gasteiger partial charge in [0.05, 0.1) is 6.54 Å². The highest BCUT2D eigenvalue weighted by Gasteiger charge is 2.31. The van der Waals surface area contributed by atoms with Crippen LogP contribution in [0.5, 0.6) is 0 Å². The number of nitrogens with zero attached hydrogens (tertiary/aromatic N) is 1. The number of piperazine rings is 1. The van der Waals surface area contributed by atoms with Crippen molar-refractivity contribution in [1.82, 2.24) is 15.5 Å². The largest absolute Gasteiger partial charge is 0.353 e. The number of primary amides is 1. The van der Waals surface area contributed by atoms with Gasteiger partial charge in [-0.2, -0.15) is 0 Å². The maximum atomic E-state index is 12.3. The number of hydrogen-bond acceptors (Lipinski definition) is 3. The van der Waals surface area contributed by atoms with Gasteiger partial charge in [0.2, 0.25) is 11.8 Å². The number of carbonyl (C=O) groups excluding carboxylic acids is 3. The molecule has 0 unspecified atom stereocenters. The Hall–Kier alpha value is -1.79. The summed E-state index contributed by atoms with van der Waals surface area (Å²) in [7, 11) is 0. The molecule has 0 aromatic rings. The fourth-order valence-electron chi connectivity index (χ4n) is 1.86. The molecular weight excluding hydrogens is 236 g/mol. The molecule has 1 aliphatic rings. The SMILES string of the molecule is CC[C@H](C)[C@@H](NC(N)=O)C(=O)N1CCNC(=O)C1. The summed E-state index contributed by atoms with van der Waals surface area (Å²) in [6, 6.07) is -1.39. The van der Waals surface area contributed by atoms with Gasteiger partial charge in [-0.1, -0.05) is 20.3 Å². The Bertz CT molecular complexity index is 345. The van der Waals surface area contributed by atoms with Crippen molar-refractivity contribution in [3.63, 3.8) is 0 Å². The van der Waals surface area contributed by atoms with Crippen LogP contribution in [0, 0.1) is 5.92 Å². The molecule has 0 aliphatic carbocycles. The van der Waals surface area contributed by atoms with E-state index in [1.807, 2.05) is 13.8 Å². The molecule has 7 nitrogen and oxygen atoms in total. The lowest BCUT2D eigenvalue weighted by molar-refractivity contribution is -0.140. The van der Waals surface area contributed by atoms with Gasteiger partial charge in [0.15, 0.2) is 0 Å². The maximum absolute atomic E-state index is 12.3. The maximum Gasteiger partial charge on any atom is 0.312 e. The van der Waals surface area contributed by atoms with Crippen LogP contribution in [0.25, 0.3) is 0 Å². The predicted octanol–water partition coefficient (Wildman–Crippen LogP) is -0.972. The Morgan fingerprint density at radius 3 is 2.72 bits per heavy atom. The molecule has 0 radical (unpaired) electrons. The number of urea groups is 1. The Morgan fingerprint density at radius 1 is 1.56 bits per heavy atom. The molecule has 1 aliphatic heterocycles. The lowest BCUT2D eigenvalue weighted by Crippen LogP contribution is -2.58. The van der Waals surface area contributed by atoms with Crippen molar-refractivity contribution in [3.8, 4) is 0 Å². The summed E-state index contributed by atoms with van der Waals surface area (Å²) in [4.78, 5) is 35.9. The van der Waals surface area contributed by atoms with Gasteiger partial charge in [-0.15, -0.1) is 0 Å². The predicted molar refractivity (Wildman–Crippen MR) is 65.6 cm³/mol. The topological polar surface area (TPSA) is 105 Å². The second-order valence-corrected chi connectivity index (χ2v) is 4.48. The van der Waals surface area contributed by atoms with Gasteiger partial charge < -0.3 is 21.3 Å². The third-order valence-electron chi connectivity index (χ3n) is 3.13. The summed E-state index contributed by atoms with van der Waals surface area (Å²) in [6.45, 7) is 4.72. The van der Waals surface area contributed by atoms with Crippen LogP contribution in [-0.4, -0.2) is 48.4 Å². The fraction of sp³-hybridized carbons (Fsp3) is 0.727. The first-order chi connectivity index (χ1) is 8.45. The molecule has 1 heterocycles. The van der Waals surface area contributed by atoms with Gasteiger partial charge in [-0.25, -0.2) is 4.79 Å². The number of nitrogens with two attached hydrogens (primary N) is 1. The Balaban J connectivity index is 2.74. The summed E-state index contributed by atoms with van der Waals surface area (Å²) in [5.74, 6) is -0.468. The first kappa shape index (κ1) is 14.3. The van der Waals surface area contributed by atoms with Crippen LogP contribution in [-0.2, 0) is 9.59 Å². The third-order valence-corrected chi connectivity index (χ3v) is 3.13. The van der Waals surface area contributed by atoms with Crippen LogP contribution < -0.4 is 16.4 Å². The summed E-state index contributed by atoms with van der Waals surface area (Å²) >= 11 is 0. The standard InChI is InChI=1S/C11H20N4O3/c1-3-7(2)9(14-11(12)18)10(17)15-5-4-13-8(16)6-15/h7,9H,3-6H2,1-2H3,(H,13,16)(H3,12,14,18)/t7-,9+/m0/s1. The molecule has 0 aromatic carbocycles. The Morgan fingerprint density at radius 2 is 2.22 bits per heavy atom. The average Bonchev–Trinajstić information content (AvgIpc) is 2.34. The minimum atomic E-state index is -0.727. The van der Waals surface area contributed by atoms with E-state index in [4.69, 9.17) is 5.73 Å². The second-order valence-electron chi connectivity index (χ2n) is 4.48. The minimum Gasteiger partial charge on any atom is -0.353 e. The van der Waals surface area contributed by atoms with E-state index in [2.05, 4.69) is 10.6 Å². The molecule has 0 bridgehead atoms. The molecule has 4 amide bonds. The summed E-state index contributed by atoms with van der Waals surface area (Å²) in [5, 5.41) is 5.10. The Kier molecular flexibility index (Phi) is 4.94. The molecule has 1 rings (SSSR count). The smallest absolute Gasteiger partial charge is 0.312 e. The van der Waals surface area contributed by atoms with Gasteiger partial charge in [0.25, 0.3) is 0 Å². The zero-order valence-corrected chi connectivity index (χ0v) is 10.7. The number of amides is 4. The second kappa shape index (κ2) is 6.23. The van der Waals surface area contributed by atoms with Gasteiger partial charge in [0, 0.05) is 13.1 Å². The zero-order valence-electron chi connectivity index (χ0n) is 10.7. The van der Waals surface area contributed by atoms with Gasteiger partial charge >= 0.3 is 6.03 Å². The van der Waals surface area contributed by atoms with E-state index in [1.54, 1.807) is 0 Å². The molecule has 2 atom stereocenters. The molecular formula is C11H20N4O3. The molecule has 1 fully saturated rings. The number of nitrogens with one attached hydrogen (secondary N) is 2. The molecule has 0 aromatic heterocycles. The van der Waals surface area contributed by atoms with Crippen LogP contribution in [0.15, 0.2) is 0 Å². The molecule has 1 saturated heterocycles. The highest BCUT2D eigenvalue weighted by molar-refractivity contribution is 5.90. The van der Waals surface area contributed by atoms with E-state index in [9.17, 15) is 14.4 Å². The highest BCUT2D eigenvalue weighted by Crippen LogP contribution is 2.11. The van der Waals surface area contributed by atoms with Gasteiger partial charge in [0.1, 0.15) is 6.04 Å². The fourth-order valence-corrected chi connectivity index (χ4v) is 1.86. The molecule has 0 spiro atoms. The van der Waals surface area contributed by atoms with Crippen molar-refractivity contribution in [2.24, 2.45) is 11.7 Å². The quantitative estimate of drug-likeness (QED) is 0.602. The van der Waals surface area contributed by atoms with Crippen molar-refractivity contribution >= 4 is 17.8 Å². The van der Waals surface area contributed by atoms with Crippen LogP contribution in [0.4, 0.5) is 4.79 Å². The molecule has 7 heteroatoms. The zero-order chi connectivity index (χ0) is 13.7. The number of carbonyl (C=O) groups is 3. The van der Waals surface area contributed by atoms with Gasteiger partial charge in [-0.05, 0) is 5.92 Å². The van der Waals surface area contributed by atoms with E-state index in [0.717, 1.165) is 6.42 Å². The number of hydrogen-bond donors (Lipinski definition) is 3. The molecule has 18 heavy (non-hydrogen) atoms. The summed E-state index contributed by atoms with van der Waals surface area (Å²) < 4.78 is 0. The molecule has 102 valence electrons. The minimum absolute atomic E-state index is 0.0324. The van der Waals surface area contributed by atoms with E-state index in [1.165, 1.54) is 4.90 Å². The van der Waals surface area contributed by atoms with E-state index in [0.29, 0.717) is 13.1 Å². The van der Waals surface area contributed by atoms with E-state index >= 15 is 0 Å². The first-order valence-corrected chi connectivity index (χ1v) is 6.07.